The Balaban J connectivity index is 3.03. The van der Waals surface area contributed by atoms with Crippen molar-refractivity contribution in [2.24, 2.45) is 5.92 Å². The molecule has 0 spiro atoms. The predicted molar refractivity (Wildman–Crippen MR) is 71.8 cm³/mol. The maximum absolute atomic E-state index is 12.3. The van der Waals surface area contributed by atoms with Crippen molar-refractivity contribution in [3.8, 4) is 0 Å². The zero-order valence-electron chi connectivity index (χ0n) is 12.4. The molecule has 1 aliphatic carbocycles. The summed E-state index contributed by atoms with van der Waals surface area (Å²) in [6, 6.07) is 0. The van der Waals surface area contributed by atoms with E-state index in [9.17, 15) is 14.4 Å². The minimum Gasteiger partial charge on any atom is -0.464 e. The Labute approximate surface area is 119 Å². The quantitative estimate of drug-likeness (QED) is 0.561. The summed E-state index contributed by atoms with van der Waals surface area (Å²) < 4.78 is 9.98. The first-order valence-electron chi connectivity index (χ1n) is 7.09. The normalized spacial score (nSPS) is 15.2. The number of nitrogens with one attached hydrogen (secondary N) is 1. The Morgan fingerprint density at radius 2 is 1.60 bits per heavy atom. The van der Waals surface area contributed by atoms with Crippen LogP contribution in [0.4, 0.5) is 0 Å². The summed E-state index contributed by atoms with van der Waals surface area (Å²) in [6.07, 6.45) is 3.21. The lowest BCUT2D eigenvalue weighted by molar-refractivity contribution is -0.169. The Bertz CT molecular complexity index is 358. The highest BCUT2D eigenvalue weighted by Gasteiger charge is 2.51. The van der Waals surface area contributed by atoms with Crippen LogP contribution in [0.15, 0.2) is 0 Å². The van der Waals surface area contributed by atoms with E-state index in [2.05, 4.69) is 5.32 Å². The second kappa shape index (κ2) is 7.26. The number of ether oxygens (including phenoxy) is 2. The topological polar surface area (TPSA) is 81.7 Å². The molecule has 1 amide bonds. The van der Waals surface area contributed by atoms with Gasteiger partial charge in [-0.3, -0.25) is 4.79 Å². The van der Waals surface area contributed by atoms with E-state index in [1.807, 2.05) is 0 Å². The lowest BCUT2D eigenvalue weighted by atomic mass is 9.75. The number of hydrogen-bond acceptors (Lipinski definition) is 5. The van der Waals surface area contributed by atoms with Crippen LogP contribution in [0.2, 0.25) is 0 Å². The number of carbonyl (C=O) groups is 3. The van der Waals surface area contributed by atoms with Crippen molar-refractivity contribution in [2.45, 2.75) is 52.0 Å². The average Bonchev–Trinajstić information content (AvgIpc) is 2.32. The summed E-state index contributed by atoms with van der Waals surface area (Å²) in [6.45, 7) is 4.87. The summed E-state index contributed by atoms with van der Waals surface area (Å²) in [5.74, 6) is -1.69. The second-order valence-corrected chi connectivity index (χ2v) is 5.03. The van der Waals surface area contributed by atoms with E-state index in [4.69, 9.17) is 9.47 Å². The molecular weight excluding hydrogens is 262 g/mol. The van der Waals surface area contributed by atoms with Gasteiger partial charge in [0.25, 0.3) is 0 Å². The highest BCUT2D eigenvalue weighted by molar-refractivity contribution is 6.07. The molecule has 0 bridgehead atoms. The van der Waals surface area contributed by atoms with Crippen LogP contribution in [0, 0.1) is 5.92 Å². The Morgan fingerprint density at radius 1 is 1.10 bits per heavy atom. The molecule has 0 atom stereocenters. The van der Waals surface area contributed by atoms with E-state index in [1.165, 1.54) is 6.92 Å². The van der Waals surface area contributed by atoms with Gasteiger partial charge in [0.05, 0.1) is 13.2 Å². The molecule has 0 aliphatic heterocycles. The molecule has 1 saturated carbocycles. The SMILES string of the molecule is CCOC(=O)C(CC1CCC1)(NC(C)=O)C(=O)OCC. The summed E-state index contributed by atoms with van der Waals surface area (Å²) in [7, 11) is 0. The number of rotatable bonds is 7. The van der Waals surface area contributed by atoms with Gasteiger partial charge in [-0.1, -0.05) is 19.3 Å². The van der Waals surface area contributed by atoms with Gasteiger partial charge in [0, 0.05) is 6.92 Å². The Kier molecular flexibility index (Phi) is 5.98. The first-order valence-corrected chi connectivity index (χ1v) is 7.09. The maximum Gasteiger partial charge on any atom is 0.343 e. The van der Waals surface area contributed by atoms with Crippen molar-refractivity contribution in [3.63, 3.8) is 0 Å². The van der Waals surface area contributed by atoms with E-state index in [0.29, 0.717) is 0 Å². The lowest BCUT2D eigenvalue weighted by Crippen LogP contribution is -2.62. The summed E-state index contributed by atoms with van der Waals surface area (Å²) in [5, 5.41) is 2.47. The number of hydrogen-bond donors (Lipinski definition) is 1. The molecule has 0 saturated heterocycles. The molecule has 6 nitrogen and oxygen atoms in total. The molecule has 0 aromatic rings. The van der Waals surface area contributed by atoms with E-state index in [-0.39, 0.29) is 25.6 Å². The van der Waals surface area contributed by atoms with Crippen molar-refractivity contribution >= 4 is 17.8 Å². The van der Waals surface area contributed by atoms with Crippen LogP contribution in [0.1, 0.15) is 46.5 Å². The molecule has 1 aliphatic rings. The monoisotopic (exact) mass is 285 g/mol. The number of carbonyl (C=O) groups excluding carboxylic acids is 3. The van der Waals surface area contributed by atoms with Gasteiger partial charge in [0.1, 0.15) is 0 Å². The van der Waals surface area contributed by atoms with E-state index < -0.39 is 23.4 Å². The minimum absolute atomic E-state index is 0.143. The van der Waals surface area contributed by atoms with E-state index >= 15 is 0 Å². The fourth-order valence-corrected chi connectivity index (χ4v) is 2.34. The van der Waals surface area contributed by atoms with Crippen LogP contribution in [-0.4, -0.2) is 36.6 Å². The molecule has 0 aromatic carbocycles. The molecule has 0 heterocycles. The summed E-state index contributed by atoms with van der Waals surface area (Å²) in [5.41, 5.74) is -1.71. The second-order valence-electron chi connectivity index (χ2n) is 5.03. The standard InChI is InChI=1S/C14H23NO5/c1-4-19-12(17)14(15-10(3)16,13(18)20-5-2)9-11-7-6-8-11/h11H,4-9H2,1-3H3,(H,15,16). The van der Waals surface area contributed by atoms with Gasteiger partial charge in [-0.05, 0) is 26.2 Å². The van der Waals surface area contributed by atoms with Crippen molar-refractivity contribution in [3.05, 3.63) is 0 Å². The van der Waals surface area contributed by atoms with Crippen LogP contribution < -0.4 is 5.32 Å². The first kappa shape index (κ1) is 16.5. The third-order valence-corrected chi connectivity index (χ3v) is 3.46. The number of esters is 2. The largest absolute Gasteiger partial charge is 0.464 e. The molecule has 114 valence electrons. The summed E-state index contributed by atoms with van der Waals surface area (Å²) >= 11 is 0. The molecule has 0 unspecified atom stereocenters. The van der Waals surface area contributed by atoms with Crippen molar-refractivity contribution < 1.29 is 23.9 Å². The van der Waals surface area contributed by atoms with Crippen molar-refractivity contribution in [1.29, 1.82) is 0 Å². The van der Waals surface area contributed by atoms with E-state index in [0.717, 1.165) is 19.3 Å². The van der Waals surface area contributed by atoms with Crippen LogP contribution in [-0.2, 0) is 23.9 Å². The maximum atomic E-state index is 12.3. The zero-order valence-corrected chi connectivity index (χ0v) is 12.4. The predicted octanol–water partition coefficient (Wildman–Crippen LogP) is 1.18. The van der Waals surface area contributed by atoms with Crippen molar-refractivity contribution in [2.75, 3.05) is 13.2 Å². The molecule has 1 fully saturated rings. The summed E-state index contributed by atoms with van der Waals surface area (Å²) in [4.78, 5) is 35.9. The molecule has 20 heavy (non-hydrogen) atoms. The van der Waals surface area contributed by atoms with E-state index in [1.54, 1.807) is 13.8 Å². The molecule has 1 N–H and O–H groups in total. The molecule has 0 aromatic heterocycles. The van der Waals surface area contributed by atoms with Gasteiger partial charge in [0.2, 0.25) is 11.4 Å². The molecule has 6 heteroatoms. The van der Waals surface area contributed by atoms with Gasteiger partial charge >= 0.3 is 11.9 Å². The highest BCUT2D eigenvalue weighted by atomic mass is 16.6. The van der Waals surface area contributed by atoms with Crippen LogP contribution in [0.25, 0.3) is 0 Å². The van der Waals surface area contributed by atoms with Gasteiger partial charge in [-0.2, -0.15) is 0 Å². The molecule has 1 rings (SSSR count). The van der Waals surface area contributed by atoms with Crippen LogP contribution >= 0.6 is 0 Å². The smallest absolute Gasteiger partial charge is 0.343 e. The Morgan fingerprint density at radius 3 is 1.90 bits per heavy atom. The van der Waals surface area contributed by atoms with Crippen LogP contribution in [0.5, 0.6) is 0 Å². The fraction of sp³-hybridized carbons (Fsp3) is 0.786. The molecular formula is C14H23NO5. The molecule has 0 radical (unpaired) electrons. The lowest BCUT2D eigenvalue weighted by Gasteiger charge is -2.36. The van der Waals surface area contributed by atoms with Crippen LogP contribution in [0.3, 0.4) is 0 Å². The average molecular weight is 285 g/mol. The third-order valence-electron chi connectivity index (χ3n) is 3.46. The minimum atomic E-state index is -1.71. The third kappa shape index (κ3) is 3.71. The fourth-order valence-electron chi connectivity index (χ4n) is 2.34. The van der Waals surface area contributed by atoms with Gasteiger partial charge in [0.15, 0.2) is 0 Å². The van der Waals surface area contributed by atoms with Crippen molar-refractivity contribution in [1.82, 2.24) is 5.32 Å². The number of amides is 1. The van der Waals surface area contributed by atoms with Gasteiger partial charge < -0.3 is 14.8 Å². The zero-order chi connectivity index (χ0) is 15.2. The highest BCUT2D eigenvalue weighted by Crippen LogP contribution is 2.35. The first-order chi connectivity index (χ1) is 9.46. The van der Waals surface area contributed by atoms with Gasteiger partial charge in [-0.25, -0.2) is 9.59 Å². The van der Waals surface area contributed by atoms with Gasteiger partial charge in [-0.15, -0.1) is 0 Å². The Hall–Kier alpha value is -1.59.